The Hall–Kier alpha value is -2.10. The maximum absolute atomic E-state index is 12.3. The van der Waals surface area contributed by atoms with Crippen LogP contribution in [-0.2, 0) is 4.79 Å². The molecule has 0 aromatic heterocycles. The van der Waals surface area contributed by atoms with Gasteiger partial charge in [-0.05, 0) is 54.5 Å². The van der Waals surface area contributed by atoms with Gasteiger partial charge in [0.15, 0.2) is 5.78 Å². The van der Waals surface area contributed by atoms with Crippen LogP contribution in [0.4, 0.5) is 5.69 Å². The summed E-state index contributed by atoms with van der Waals surface area (Å²) in [4.78, 5) is 25.8. The number of benzene rings is 2. The lowest BCUT2D eigenvalue weighted by Crippen LogP contribution is -2.23. The van der Waals surface area contributed by atoms with Crippen molar-refractivity contribution >= 4 is 46.7 Å². The summed E-state index contributed by atoms with van der Waals surface area (Å²) in [5.41, 5.74) is 2.08. The molecule has 1 heterocycles. The first-order chi connectivity index (χ1) is 11.6. The number of hydrogen-bond acceptors (Lipinski definition) is 2. The second-order valence-corrected chi connectivity index (χ2v) is 6.32. The van der Waals surface area contributed by atoms with Crippen molar-refractivity contribution in [1.82, 2.24) is 0 Å². The maximum Gasteiger partial charge on any atom is 0.227 e. The van der Waals surface area contributed by atoms with Crippen LogP contribution in [-0.4, -0.2) is 18.2 Å². The Morgan fingerprint density at radius 1 is 1.08 bits per heavy atom. The first kappa shape index (κ1) is 16.7. The molecule has 1 amide bonds. The van der Waals surface area contributed by atoms with E-state index in [-0.39, 0.29) is 11.7 Å². The molecule has 1 aliphatic heterocycles. The first-order valence-electron chi connectivity index (χ1n) is 7.63. The highest BCUT2D eigenvalue weighted by molar-refractivity contribution is 6.42. The molecule has 3 nitrogen and oxygen atoms in total. The Morgan fingerprint density at radius 3 is 2.50 bits per heavy atom. The van der Waals surface area contributed by atoms with Gasteiger partial charge in [0.1, 0.15) is 0 Å². The fourth-order valence-corrected chi connectivity index (χ4v) is 3.01. The Morgan fingerprint density at radius 2 is 1.83 bits per heavy atom. The zero-order chi connectivity index (χ0) is 17.1. The van der Waals surface area contributed by atoms with Crippen LogP contribution in [0.2, 0.25) is 10.0 Å². The number of ketones is 1. The molecule has 5 heteroatoms. The summed E-state index contributed by atoms with van der Waals surface area (Å²) in [6.07, 6.45) is 4.58. The quantitative estimate of drug-likeness (QED) is 0.567. The third kappa shape index (κ3) is 3.53. The van der Waals surface area contributed by atoms with Gasteiger partial charge in [-0.15, -0.1) is 0 Å². The Labute approximate surface area is 150 Å². The van der Waals surface area contributed by atoms with Crippen molar-refractivity contribution in [2.24, 2.45) is 0 Å². The van der Waals surface area contributed by atoms with E-state index in [4.69, 9.17) is 23.2 Å². The van der Waals surface area contributed by atoms with Crippen molar-refractivity contribution in [3.63, 3.8) is 0 Å². The molecule has 24 heavy (non-hydrogen) atoms. The van der Waals surface area contributed by atoms with E-state index in [1.807, 2.05) is 0 Å². The highest BCUT2D eigenvalue weighted by Gasteiger charge is 2.21. The van der Waals surface area contributed by atoms with Gasteiger partial charge in [0, 0.05) is 24.2 Å². The predicted octanol–water partition coefficient (Wildman–Crippen LogP) is 5.02. The monoisotopic (exact) mass is 359 g/mol. The molecule has 0 spiro atoms. The lowest BCUT2D eigenvalue weighted by Gasteiger charge is -2.15. The van der Waals surface area contributed by atoms with Gasteiger partial charge in [-0.3, -0.25) is 9.59 Å². The van der Waals surface area contributed by atoms with Gasteiger partial charge in [-0.25, -0.2) is 0 Å². The van der Waals surface area contributed by atoms with Crippen LogP contribution in [0.1, 0.15) is 28.8 Å². The molecule has 0 atom stereocenters. The summed E-state index contributed by atoms with van der Waals surface area (Å²) in [7, 11) is 0. The van der Waals surface area contributed by atoms with Gasteiger partial charge in [0.2, 0.25) is 5.91 Å². The van der Waals surface area contributed by atoms with Crippen LogP contribution in [0, 0.1) is 0 Å². The van der Waals surface area contributed by atoms with Crippen molar-refractivity contribution in [2.75, 3.05) is 11.4 Å². The highest BCUT2D eigenvalue weighted by atomic mass is 35.5. The average molecular weight is 360 g/mol. The molecule has 1 saturated heterocycles. The van der Waals surface area contributed by atoms with Crippen molar-refractivity contribution < 1.29 is 9.59 Å². The van der Waals surface area contributed by atoms with Crippen LogP contribution < -0.4 is 4.90 Å². The molecule has 3 rings (SSSR count). The van der Waals surface area contributed by atoms with Crippen molar-refractivity contribution in [2.45, 2.75) is 12.8 Å². The summed E-state index contributed by atoms with van der Waals surface area (Å²) >= 11 is 12.1. The van der Waals surface area contributed by atoms with Crippen molar-refractivity contribution in [3.05, 3.63) is 69.7 Å². The molecule has 0 unspecified atom stereocenters. The van der Waals surface area contributed by atoms with Gasteiger partial charge >= 0.3 is 0 Å². The molecule has 1 aliphatic rings. The van der Waals surface area contributed by atoms with Crippen molar-refractivity contribution in [3.8, 4) is 0 Å². The normalized spacial score (nSPS) is 14.6. The molecule has 0 saturated carbocycles. The third-order valence-corrected chi connectivity index (χ3v) is 4.77. The Kier molecular flexibility index (Phi) is 5.03. The Balaban J connectivity index is 1.74. The number of allylic oxidation sites excluding steroid dienone is 1. The molecule has 1 fully saturated rings. The van der Waals surface area contributed by atoms with E-state index in [2.05, 4.69) is 0 Å². The second-order valence-electron chi connectivity index (χ2n) is 5.54. The minimum Gasteiger partial charge on any atom is -0.312 e. The van der Waals surface area contributed by atoms with Crippen LogP contribution >= 0.6 is 23.2 Å². The number of carbonyl (C=O) groups excluding carboxylic acids is 2. The number of hydrogen-bond donors (Lipinski definition) is 0. The van der Waals surface area contributed by atoms with E-state index in [9.17, 15) is 9.59 Å². The second kappa shape index (κ2) is 7.20. The van der Waals surface area contributed by atoms with E-state index in [0.29, 0.717) is 27.6 Å². The Bertz CT molecular complexity index is 813. The summed E-state index contributed by atoms with van der Waals surface area (Å²) in [5.74, 6) is -0.00471. The lowest BCUT2D eigenvalue weighted by molar-refractivity contribution is -0.117. The fraction of sp³-hybridized carbons (Fsp3) is 0.158. The summed E-state index contributed by atoms with van der Waals surface area (Å²) in [6.45, 7) is 0.735. The minimum absolute atomic E-state index is 0.129. The standard InChI is InChI=1S/C19H15Cl2NO2/c20-16-4-1-3-14(19(16)21)8-11-17(23)13-6-9-15(10-7-13)22-12-2-5-18(22)24/h1,3-4,6-11H,2,5,12H2/b11-8+. The van der Waals surface area contributed by atoms with Crippen molar-refractivity contribution in [1.29, 1.82) is 0 Å². The number of carbonyl (C=O) groups is 2. The van der Waals surface area contributed by atoms with Gasteiger partial charge in [-0.2, -0.15) is 0 Å². The molecule has 0 bridgehead atoms. The van der Waals surface area contributed by atoms with Crippen LogP contribution in [0.3, 0.4) is 0 Å². The van der Waals surface area contributed by atoms with Gasteiger partial charge in [0.25, 0.3) is 0 Å². The van der Waals surface area contributed by atoms with Crippen LogP contribution in [0.5, 0.6) is 0 Å². The molecular weight excluding hydrogens is 345 g/mol. The molecular formula is C19H15Cl2NO2. The lowest BCUT2D eigenvalue weighted by atomic mass is 10.1. The zero-order valence-corrected chi connectivity index (χ0v) is 14.3. The number of nitrogens with zero attached hydrogens (tertiary/aromatic N) is 1. The maximum atomic E-state index is 12.3. The van der Waals surface area contributed by atoms with E-state index >= 15 is 0 Å². The predicted molar refractivity (Wildman–Crippen MR) is 97.9 cm³/mol. The highest BCUT2D eigenvalue weighted by Crippen LogP contribution is 2.26. The third-order valence-electron chi connectivity index (χ3n) is 3.93. The summed E-state index contributed by atoms with van der Waals surface area (Å²) in [6, 6.07) is 12.3. The van der Waals surface area contributed by atoms with Crippen LogP contribution in [0.15, 0.2) is 48.5 Å². The molecule has 0 aliphatic carbocycles. The van der Waals surface area contributed by atoms with E-state index in [1.165, 1.54) is 6.08 Å². The molecule has 0 N–H and O–H groups in total. The largest absolute Gasteiger partial charge is 0.312 e. The van der Waals surface area contributed by atoms with Crippen LogP contribution in [0.25, 0.3) is 6.08 Å². The minimum atomic E-state index is -0.134. The molecule has 2 aromatic rings. The number of anilines is 1. The summed E-state index contributed by atoms with van der Waals surface area (Å²) < 4.78 is 0. The van der Waals surface area contributed by atoms with E-state index < -0.39 is 0 Å². The van der Waals surface area contributed by atoms with E-state index in [0.717, 1.165) is 18.7 Å². The SMILES string of the molecule is O=C(/C=C/c1cccc(Cl)c1Cl)c1ccc(N2CCCC2=O)cc1. The number of amides is 1. The first-order valence-corrected chi connectivity index (χ1v) is 8.39. The zero-order valence-electron chi connectivity index (χ0n) is 12.8. The van der Waals surface area contributed by atoms with Gasteiger partial charge < -0.3 is 4.90 Å². The molecule has 2 aromatic carbocycles. The molecule has 122 valence electrons. The number of halogens is 2. The number of rotatable bonds is 4. The topological polar surface area (TPSA) is 37.4 Å². The average Bonchev–Trinajstić information content (AvgIpc) is 3.02. The fourth-order valence-electron chi connectivity index (χ4n) is 2.64. The molecule has 0 radical (unpaired) electrons. The summed E-state index contributed by atoms with van der Waals surface area (Å²) in [5, 5.41) is 0.872. The van der Waals surface area contributed by atoms with Gasteiger partial charge in [-0.1, -0.05) is 35.3 Å². The van der Waals surface area contributed by atoms with E-state index in [1.54, 1.807) is 53.4 Å². The smallest absolute Gasteiger partial charge is 0.227 e. The van der Waals surface area contributed by atoms with Gasteiger partial charge in [0.05, 0.1) is 10.0 Å².